The lowest BCUT2D eigenvalue weighted by molar-refractivity contribution is -0.114. The van der Waals surface area contributed by atoms with Crippen molar-refractivity contribution in [2.75, 3.05) is 36.8 Å². The Morgan fingerprint density at radius 3 is 1.34 bits per heavy atom. The molecule has 210 valence electrons. The van der Waals surface area contributed by atoms with Crippen LogP contribution in [-0.2, 0) is 0 Å². The average molecular weight is 520 g/mol. The molecule has 6 N–H and O–H groups in total. The molecule has 0 radical (unpaired) electrons. The number of nitrogens with two attached hydrogens (primary N) is 2. The number of nitrogens with zero attached hydrogens (tertiary/aromatic N) is 1. The van der Waals surface area contributed by atoms with Gasteiger partial charge >= 0.3 is 0 Å². The van der Waals surface area contributed by atoms with Gasteiger partial charge in [0.05, 0.1) is 0 Å². The Bertz CT molecular complexity index is 902. The first kappa shape index (κ1) is 25.6. The Kier molecular flexibility index (Phi) is 6.50. The highest BCUT2D eigenvalue weighted by atomic mass is 15.1. The van der Waals surface area contributed by atoms with Crippen LogP contribution in [0.4, 0.5) is 11.6 Å². The fourth-order valence-electron chi connectivity index (χ4n) is 12.6. The number of nitrogens with one attached hydrogen (secondary N) is 2. The molecule has 9 rings (SSSR count). The molecule has 0 amide bonds. The molecule has 5 nitrogen and oxygen atoms in total. The van der Waals surface area contributed by atoms with Crippen LogP contribution < -0.4 is 22.1 Å². The second-order valence-electron chi connectivity index (χ2n) is 15.8. The maximum Gasteiger partial charge on any atom is 0.128 e. The summed E-state index contributed by atoms with van der Waals surface area (Å²) in [5, 5.41) is 7.44. The zero-order chi connectivity index (χ0) is 25.8. The van der Waals surface area contributed by atoms with Crippen LogP contribution in [0.5, 0.6) is 0 Å². The van der Waals surface area contributed by atoms with Gasteiger partial charge in [0.15, 0.2) is 0 Å². The van der Waals surface area contributed by atoms with Crippen LogP contribution in [0, 0.1) is 45.3 Å². The predicted octanol–water partition coefficient (Wildman–Crippen LogP) is 6.56. The molecule has 8 bridgehead atoms. The fourth-order valence-corrected chi connectivity index (χ4v) is 12.6. The van der Waals surface area contributed by atoms with Crippen LogP contribution in [0.25, 0.3) is 0 Å². The summed E-state index contributed by atoms with van der Waals surface area (Å²) >= 11 is 0. The Labute approximate surface area is 231 Å². The molecule has 4 unspecified atom stereocenters. The number of hydrogen-bond acceptors (Lipinski definition) is 5. The number of pyridine rings is 1. The quantitative estimate of drug-likeness (QED) is 0.251. The smallest absolute Gasteiger partial charge is 0.128 e. The van der Waals surface area contributed by atoms with E-state index in [1.165, 1.54) is 103 Å². The molecule has 38 heavy (non-hydrogen) atoms. The summed E-state index contributed by atoms with van der Waals surface area (Å²) in [6.07, 6.45) is 22.6. The van der Waals surface area contributed by atoms with Crippen molar-refractivity contribution in [1.29, 1.82) is 0 Å². The van der Waals surface area contributed by atoms with Gasteiger partial charge in [0.1, 0.15) is 11.6 Å². The van der Waals surface area contributed by atoms with Gasteiger partial charge in [-0.2, -0.15) is 0 Å². The van der Waals surface area contributed by atoms with E-state index in [1.54, 1.807) is 0 Å². The second-order valence-corrected chi connectivity index (χ2v) is 15.8. The Morgan fingerprint density at radius 1 is 0.605 bits per heavy atom. The lowest BCUT2D eigenvalue weighted by atomic mass is 9.43. The standard InChI is InChI=1S/C33H53N5/c34-8-4-30-14-24-12-25(15-30)19-32(18-24,22-30)6-10-36-28-2-1-3-29(38-28)37-11-7-33-20-26-13-27(21-33)17-31(16-26,23-33)5-9-35/h1-3,24-27H,4-23,34-35H2,(H2,36,37,38). The van der Waals surface area contributed by atoms with E-state index in [1.807, 2.05) is 0 Å². The van der Waals surface area contributed by atoms with Crippen molar-refractivity contribution in [3.8, 4) is 0 Å². The van der Waals surface area contributed by atoms with Gasteiger partial charge in [0.25, 0.3) is 0 Å². The van der Waals surface area contributed by atoms with E-state index in [0.717, 1.165) is 61.5 Å². The molecule has 5 heteroatoms. The maximum atomic E-state index is 6.08. The first-order valence-corrected chi connectivity index (χ1v) is 16.3. The van der Waals surface area contributed by atoms with Crippen molar-refractivity contribution < 1.29 is 0 Å². The Morgan fingerprint density at radius 2 is 0.974 bits per heavy atom. The molecule has 1 heterocycles. The molecule has 8 aliphatic rings. The first-order valence-electron chi connectivity index (χ1n) is 16.3. The van der Waals surface area contributed by atoms with E-state index in [9.17, 15) is 0 Å². The van der Waals surface area contributed by atoms with Gasteiger partial charge < -0.3 is 22.1 Å². The van der Waals surface area contributed by atoms with Crippen molar-refractivity contribution in [3.63, 3.8) is 0 Å². The molecule has 0 spiro atoms. The third kappa shape index (κ3) is 4.78. The average Bonchev–Trinajstić information content (AvgIpc) is 2.82. The van der Waals surface area contributed by atoms with Gasteiger partial charge in [-0.1, -0.05) is 6.07 Å². The molecule has 1 aromatic heterocycles. The summed E-state index contributed by atoms with van der Waals surface area (Å²) in [6, 6.07) is 6.46. The van der Waals surface area contributed by atoms with Gasteiger partial charge in [-0.05, 0) is 173 Å². The van der Waals surface area contributed by atoms with Crippen LogP contribution in [0.15, 0.2) is 18.2 Å². The van der Waals surface area contributed by atoms with Gasteiger partial charge in [-0.25, -0.2) is 4.98 Å². The summed E-state index contributed by atoms with van der Waals surface area (Å²) in [5.74, 6) is 5.93. The summed E-state index contributed by atoms with van der Waals surface area (Å²) < 4.78 is 0. The molecular weight excluding hydrogens is 466 g/mol. The van der Waals surface area contributed by atoms with Gasteiger partial charge in [-0.3, -0.25) is 0 Å². The Balaban J connectivity index is 0.925. The fraction of sp³-hybridized carbons (Fsp3) is 0.848. The van der Waals surface area contributed by atoms with Crippen LogP contribution >= 0.6 is 0 Å². The topological polar surface area (TPSA) is 89.0 Å². The van der Waals surface area contributed by atoms with E-state index < -0.39 is 0 Å². The van der Waals surface area contributed by atoms with Crippen molar-refractivity contribution in [2.24, 2.45) is 56.8 Å². The highest BCUT2D eigenvalue weighted by Gasteiger charge is 2.57. The summed E-state index contributed by atoms with van der Waals surface area (Å²) in [4.78, 5) is 4.97. The van der Waals surface area contributed by atoms with E-state index in [2.05, 4.69) is 28.8 Å². The highest BCUT2D eigenvalue weighted by Crippen LogP contribution is 2.68. The third-order valence-electron chi connectivity index (χ3n) is 12.6. The Hall–Kier alpha value is -1.33. The van der Waals surface area contributed by atoms with Gasteiger partial charge in [0, 0.05) is 13.1 Å². The van der Waals surface area contributed by atoms with E-state index in [4.69, 9.17) is 16.5 Å². The van der Waals surface area contributed by atoms with Crippen LogP contribution in [0.2, 0.25) is 0 Å². The zero-order valence-corrected chi connectivity index (χ0v) is 23.8. The van der Waals surface area contributed by atoms with Crippen molar-refractivity contribution >= 4 is 11.6 Å². The zero-order valence-electron chi connectivity index (χ0n) is 23.8. The van der Waals surface area contributed by atoms with Crippen LogP contribution in [0.1, 0.15) is 103 Å². The number of hydrogen-bond donors (Lipinski definition) is 4. The maximum absolute atomic E-state index is 6.08. The second kappa shape index (κ2) is 9.65. The van der Waals surface area contributed by atoms with Crippen molar-refractivity contribution in [1.82, 2.24) is 4.98 Å². The lowest BCUT2D eigenvalue weighted by Gasteiger charge is -2.62. The monoisotopic (exact) mass is 519 g/mol. The molecule has 0 aromatic carbocycles. The predicted molar refractivity (Wildman–Crippen MR) is 157 cm³/mol. The minimum Gasteiger partial charge on any atom is -0.370 e. The number of aromatic nitrogens is 1. The molecule has 1 aromatic rings. The van der Waals surface area contributed by atoms with Gasteiger partial charge in [0.2, 0.25) is 0 Å². The van der Waals surface area contributed by atoms with E-state index in [0.29, 0.717) is 21.7 Å². The largest absolute Gasteiger partial charge is 0.370 e. The third-order valence-corrected chi connectivity index (χ3v) is 12.6. The van der Waals surface area contributed by atoms with E-state index >= 15 is 0 Å². The minimum atomic E-state index is 0.557. The number of anilines is 2. The molecule has 4 atom stereocenters. The highest BCUT2D eigenvalue weighted by molar-refractivity contribution is 5.45. The molecule has 0 saturated heterocycles. The summed E-state index contributed by atoms with van der Waals surface area (Å²) in [7, 11) is 0. The normalized spacial score (nSPS) is 44.1. The first-order chi connectivity index (χ1) is 18.4. The van der Waals surface area contributed by atoms with Crippen LogP contribution in [0.3, 0.4) is 0 Å². The van der Waals surface area contributed by atoms with E-state index in [-0.39, 0.29) is 0 Å². The molecule has 8 saturated carbocycles. The minimum absolute atomic E-state index is 0.557. The SMILES string of the molecule is NCCC12CC3CC(C1)CC(CCNc1cccc(NCCC45CC6CC(CC(CCN)(C6)C4)C5)n1)(C3)C2. The molecule has 8 fully saturated rings. The summed E-state index contributed by atoms with van der Waals surface area (Å²) in [6.45, 7) is 3.83. The van der Waals surface area contributed by atoms with Gasteiger partial charge in [-0.15, -0.1) is 0 Å². The lowest BCUT2D eigenvalue weighted by Crippen LogP contribution is -2.52. The summed E-state index contributed by atoms with van der Waals surface area (Å²) in [5.41, 5.74) is 14.4. The molecule has 0 aliphatic heterocycles. The molecule has 8 aliphatic carbocycles. The van der Waals surface area contributed by atoms with Crippen molar-refractivity contribution in [3.05, 3.63) is 18.2 Å². The van der Waals surface area contributed by atoms with Crippen molar-refractivity contribution in [2.45, 2.75) is 103 Å². The number of rotatable bonds is 12. The van der Waals surface area contributed by atoms with Crippen LogP contribution in [-0.4, -0.2) is 31.2 Å². The molecular formula is C33H53N5.